The topological polar surface area (TPSA) is 69.2 Å². The second kappa shape index (κ2) is 7.05. The van der Waals surface area contributed by atoms with E-state index in [1.54, 1.807) is 14.2 Å². The lowest BCUT2D eigenvalue weighted by atomic mass is 9.88. The molecule has 2 aromatic carbocycles. The predicted octanol–water partition coefficient (Wildman–Crippen LogP) is 2.35. The first-order chi connectivity index (χ1) is 12.7. The third kappa shape index (κ3) is 2.85. The number of aliphatic hydroxyl groups is 1. The number of ether oxygens (including phenoxy) is 4. The summed E-state index contributed by atoms with van der Waals surface area (Å²) < 4.78 is 21.9. The van der Waals surface area contributed by atoms with Crippen molar-refractivity contribution >= 4 is 0 Å². The summed E-state index contributed by atoms with van der Waals surface area (Å²) in [7, 11) is 3.19. The molecule has 0 fully saturated rings. The third-order valence-electron chi connectivity index (χ3n) is 5.12. The molecule has 0 saturated heterocycles. The number of hydrogen-bond acceptors (Lipinski definition) is 6. The van der Waals surface area contributed by atoms with Gasteiger partial charge in [-0.25, -0.2) is 0 Å². The standard InChI is InChI=1S/C20H23NO5/c1-23-17-4-3-12(15(10-22)20(17)24-2)7-16-14-9-19-18(25-11-26-19)8-13(14)5-6-21-16/h3-4,8-9,16,21-22H,5-7,10-11H2,1-2H3. The maximum atomic E-state index is 9.91. The largest absolute Gasteiger partial charge is 0.493 e. The van der Waals surface area contributed by atoms with Gasteiger partial charge in [0.15, 0.2) is 23.0 Å². The Bertz CT molecular complexity index is 820. The monoisotopic (exact) mass is 357 g/mol. The highest BCUT2D eigenvalue weighted by Crippen LogP contribution is 2.40. The zero-order chi connectivity index (χ0) is 18.1. The van der Waals surface area contributed by atoms with E-state index in [0.717, 1.165) is 42.0 Å². The molecule has 2 heterocycles. The van der Waals surface area contributed by atoms with Crippen molar-refractivity contribution in [3.8, 4) is 23.0 Å². The smallest absolute Gasteiger partial charge is 0.231 e. The molecule has 0 aromatic heterocycles. The van der Waals surface area contributed by atoms with Crippen molar-refractivity contribution in [1.82, 2.24) is 5.32 Å². The lowest BCUT2D eigenvalue weighted by Gasteiger charge is -2.28. The minimum absolute atomic E-state index is 0.101. The molecule has 2 aliphatic heterocycles. The number of hydrogen-bond donors (Lipinski definition) is 2. The van der Waals surface area contributed by atoms with Crippen LogP contribution in [0.2, 0.25) is 0 Å². The van der Waals surface area contributed by atoms with E-state index in [0.29, 0.717) is 11.5 Å². The highest BCUT2D eigenvalue weighted by Gasteiger charge is 2.26. The molecule has 0 amide bonds. The SMILES string of the molecule is COc1ccc(CC2NCCc3cc4c(cc32)OCO4)c(CO)c1OC. The van der Waals surface area contributed by atoms with Crippen LogP contribution in [0.5, 0.6) is 23.0 Å². The fourth-order valence-corrected chi connectivity index (χ4v) is 3.83. The van der Waals surface area contributed by atoms with Gasteiger partial charge in [0.05, 0.1) is 20.8 Å². The molecule has 0 aliphatic carbocycles. The lowest BCUT2D eigenvalue weighted by Crippen LogP contribution is -2.31. The number of rotatable bonds is 5. The van der Waals surface area contributed by atoms with E-state index in [1.807, 2.05) is 12.1 Å². The van der Waals surface area contributed by atoms with E-state index < -0.39 is 0 Å². The molecule has 6 nitrogen and oxygen atoms in total. The second-order valence-corrected chi connectivity index (χ2v) is 6.46. The average molecular weight is 357 g/mol. The molecule has 6 heteroatoms. The van der Waals surface area contributed by atoms with Crippen LogP contribution in [0.25, 0.3) is 0 Å². The molecule has 4 rings (SSSR count). The quantitative estimate of drug-likeness (QED) is 0.856. The zero-order valence-corrected chi connectivity index (χ0v) is 15.0. The summed E-state index contributed by atoms with van der Waals surface area (Å²) in [6.07, 6.45) is 1.70. The molecule has 0 saturated carbocycles. The first-order valence-electron chi connectivity index (χ1n) is 8.74. The molecule has 2 N–H and O–H groups in total. The Morgan fingerprint density at radius 1 is 1.15 bits per heavy atom. The Morgan fingerprint density at radius 3 is 2.69 bits per heavy atom. The van der Waals surface area contributed by atoms with Gasteiger partial charge < -0.3 is 29.4 Å². The minimum atomic E-state index is -0.101. The van der Waals surface area contributed by atoms with Crippen LogP contribution in [-0.4, -0.2) is 32.7 Å². The van der Waals surface area contributed by atoms with E-state index in [4.69, 9.17) is 18.9 Å². The van der Waals surface area contributed by atoms with E-state index in [9.17, 15) is 5.11 Å². The van der Waals surface area contributed by atoms with Crippen LogP contribution in [0.3, 0.4) is 0 Å². The van der Waals surface area contributed by atoms with Crippen LogP contribution in [0, 0.1) is 0 Å². The summed E-state index contributed by atoms with van der Waals surface area (Å²) in [6, 6.07) is 8.18. The zero-order valence-electron chi connectivity index (χ0n) is 15.0. The maximum absolute atomic E-state index is 9.91. The Balaban J connectivity index is 1.69. The van der Waals surface area contributed by atoms with E-state index >= 15 is 0 Å². The molecule has 0 bridgehead atoms. The van der Waals surface area contributed by atoms with Gasteiger partial charge in [-0.15, -0.1) is 0 Å². The summed E-state index contributed by atoms with van der Waals surface area (Å²) in [6.45, 7) is 1.08. The predicted molar refractivity (Wildman–Crippen MR) is 96.2 cm³/mol. The lowest BCUT2D eigenvalue weighted by molar-refractivity contribution is 0.174. The molecule has 1 unspecified atom stereocenters. The number of fused-ring (bicyclic) bond motifs is 2. The minimum Gasteiger partial charge on any atom is -0.493 e. The Morgan fingerprint density at radius 2 is 1.96 bits per heavy atom. The summed E-state index contributed by atoms with van der Waals surface area (Å²) in [4.78, 5) is 0. The third-order valence-corrected chi connectivity index (χ3v) is 5.12. The van der Waals surface area contributed by atoms with Crippen LogP contribution >= 0.6 is 0 Å². The number of aliphatic hydroxyl groups excluding tert-OH is 1. The van der Waals surface area contributed by atoms with E-state index in [-0.39, 0.29) is 19.4 Å². The maximum Gasteiger partial charge on any atom is 0.231 e. The van der Waals surface area contributed by atoms with Crippen molar-refractivity contribution in [3.05, 3.63) is 46.5 Å². The molecular formula is C20H23NO5. The van der Waals surface area contributed by atoms with Crippen molar-refractivity contribution in [2.24, 2.45) is 0 Å². The van der Waals surface area contributed by atoms with E-state index in [1.165, 1.54) is 11.1 Å². The Labute approximate surface area is 152 Å². The van der Waals surface area contributed by atoms with Gasteiger partial charge in [0.25, 0.3) is 0 Å². The van der Waals surface area contributed by atoms with Crippen molar-refractivity contribution < 1.29 is 24.1 Å². The second-order valence-electron chi connectivity index (χ2n) is 6.46. The normalized spacial score (nSPS) is 17.7. The van der Waals surface area contributed by atoms with Gasteiger partial charge in [-0.3, -0.25) is 0 Å². The van der Waals surface area contributed by atoms with Crippen molar-refractivity contribution in [2.75, 3.05) is 27.6 Å². The van der Waals surface area contributed by atoms with Crippen LogP contribution in [-0.2, 0) is 19.4 Å². The fraction of sp³-hybridized carbons (Fsp3) is 0.400. The first-order valence-corrected chi connectivity index (χ1v) is 8.74. The highest BCUT2D eigenvalue weighted by atomic mass is 16.7. The summed E-state index contributed by atoms with van der Waals surface area (Å²) in [5.74, 6) is 2.84. The van der Waals surface area contributed by atoms with Gasteiger partial charge in [0.1, 0.15) is 0 Å². The molecule has 2 aliphatic rings. The molecule has 26 heavy (non-hydrogen) atoms. The van der Waals surface area contributed by atoms with Crippen LogP contribution in [0.15, 0.2) is 24.3 Å². The van der Waals surface area contributed by atoms with Gasteiger partial charge in [0.2, 0.25) is 6.79 Å². The highest BCUT2D eigenvalue weighted by molar-refractivity contribution is 5.53. The summed E-state index contributed by atoms with van der Waals surface area (Å²) >= 11 is 0. The van der Waals surface area contributed by atoms with Crippen LogP contribution in [0.4, 0.5) is 0 Å². The van der Waals surface area contributed by atoms with Gasteiger partial charge in [-0.2, -0.15) is 0 Å². The Hall–Kier alpha value is -2.44. The fourth-order valence-electron chi connectivity index (χ4n) is 3.83. The van der Waals surface area contributed by atoms with Gasteiger partial charge in [0, 0.05) is 11.6 Å². The molecule has 1 atom stereocenters. The summed E-state index contributed by atoms with van der Waals surface area (Å²) in [5, 5.41) is 13.5. The van der Waals surface area contributed by atoms with E-state index in [2.05, 4.69) is 17.4 Å². The van der Waals surface area contributed by atoms with Gasteiger partial charge in [-0.1, -0.05) is 6.07 Å². The van der Waals surface area contributed by atoms with Crippen molar-refractivity contribution in [1.29, 1.82) is 0 Å². The van der Waals surface area contributed by atoms with Crippen molar-refractivity contribution in [3.63, 3.8) is 0 Å². The Kier molecular flexibility index (Phi) is 4.61. The van der Waals surface area contributed by atoms with Gasteiger partial charge in [-0.05, 0) is 54.3 Å². The number of benzene rings is 2. The number of methoxy groups -OCH3 is 2. The van der Waals surface area contributed by atoms with Gasteiger partial charge >= 0.3 is 0 Å². The molecule has 2 aromatic rings. The number of nitrogens with one attached hydrogen (secondary N) is 1. The molecule has 0 spiro atoms. The first kappa shape index (κ1) is 17.0. The molecule has 138 valence electrons. The van der Waals surface area contributed by atoms with Crippen molar-refractivity contribution in [2.45, 2.75) is 25.5 Å². The van der Waals surface area contributed by atoms with Crippen LogP contribution < -0.4 is 24.3 Å². The summed E-state index contributed by atoms with van der Waals surface area (Å²) in [5.41, 5.74) is 4.30. The average Bonchev–Trinajstić information content (AvgIpc) is 3.13. The van der Waals surface area contributed by atoms with Crippen LogP contribution in [0.1, 0.15) is 28.3 Å². The molecule has 0 radical (unpaired) electrons. The molecular weight excluding hydrogens is 334 g/mol.